The van der Waals surface area contributed by atoms with E-state index in [1.807, 2.05) is 12.1 Å². The number of nitrogens with two attached hydrogens (primary N) is 1. The highest BCUT2D eigenvalue weighted by Gasteiger charge is 2.10. The number of rotatable bonds is 1. The molecule has 80 valence electrons. The smallest absolute Gasteiger partial charge is 0.221 e. The van der Waals surface area contributed by atoms with Gasteiger partial charge >= 0.3 is 0 Å². The largest absolute Gasteiger partial charge is 0.368 e. The number of para-hydroxylation sites is 1. The van der Waals surface area contributed by atoms with E-state index in [1.54, 1.807) is 6.20 Å². The summed E-state index contributed by atoms with van der Waals surface area (Å²) in [5.41, 5.74) is 7.73. The lowest BCUT2D eigenvalue weighted by atomic mass is 10.2. The lowest BCUT2D eigenvalue weighted by Gasteiger charge is -2.01. The Morgan fingerprint density at radius 3 is 2.88 bits per heavy atom. The van der Waals surface area contributed by atoms with Gasteiger partial charge in [-0.25, -0.2) is 4.98 Å². The molecule has 4 nitrogen and oxygen atoms in total. The Morgan fingerprint density at radius 1 is 1.25 bits per heavy atom. The summed E-state index contributed by atoms with van der Waals surface area (Å²) in [4.78, 5) is 8.37. The van der Waals surface area contributed by atoms with Crippen LogP contribution in [0.25, 0.3) is 21.9 Å². The summed E-state index contributed by atoms with van der Waals surface area (Å²) >= 11 is 0. The third-order valence-electron chi connectivity index (χ3n) is 2.84. The maximum atomic E-state index is 5.63. The highest BCUT2D eigenvalue weighted by Crippen LogP contribution is 2.27. The molecule has 1 aromatic carbocycles. The van der Waals surface area contributed by atoms with Crippen LogP contribution in [0, 0.1) is 0 Å². The molecule has 0 saturated carbocycles. The van der Waals surface area contributed by atoms with E-state index in [1.165, 1.54) is 10.9 Å². The van der Waals surface area contributed by atoms with Gasteiger partial charge in [-0.2, -0.15) is 4.98 Å². The van der Waals surface area contributed by atoms with Crippen molar-refractivity contribution >= 4 is 27.9 Å². The first kappa shape index (κ1) is 9.15. The number of aromatic nitrogens is 3. The van der Waals surface area contributed by atoms with Crippen LogP contribution in [0.5, 0.6) is 0 Å². The molecule has 0 bridgehead atoms. The van der Waals surface area contributed by atoms with Gasteiger partial charge in [0.1, 0.15) is 5.65 Å². The number of fused-ring (bicyclic) bond motifs is 3. The quantitative estimate of drug-likeness (QED) is 0.672. The summed E-state index contributed by atoms with van der Waals surface area (Å²) in [6, 6.07) is 8.24. The average Bonchev–Trinajstić information content (AvgIpc) is 2.61. The van der Waals surface area contributed by atoms with E-state index in [4.69, 9.17) is 5.73 Å². The zero-order chi connectivity index (χ0) is 11.1. The van der Waals surface area contributed by atoms with Crippen LogP contribution in [0.1, 0.15) is 6.92 Å². The Bertz CT molecular complexity index is 669. The van der Waals surface area contributed by atoms with Crippen molar-refractivity contribution in [1.29, 1.82) is 0 Å². The van der Waals surface area contributed by atoms with Crippen LogP contribution in [-0.4, -0.2) is 14.5 Å². The first-order chi connectivity index (χ1) is 7.81. The molecule has 0 unspecified atom stereocenters. The van der Waals surface area contributed by atoms with E-state index in [2.05, 4.69) is 33.6 Å². The Morgan fingerprint density at radius 2 is 2.06 bits per heavy atom. The van der Waals surface area contributed by atoms with Crippen molar-refractivity contribution in [3.05, 3.63) is 30.5 Å². The molecule has 4 heteroatoms. The topological polar surface area (TPSA) is 56.7 Å². The Labute approximate surface area is 92.7 Å². The molecular weight excluding hydrogens is 200 g/mol. The van der Waals surface area contributed by atoms with Gasteiger partial charge in [0.2, 0.25) is 5.95 Å². The number of nitrogen functional groups attached to an aromatic ring is 1. The molecule has 0 spiro atoms. The third-order valence-corrected chi connectivity index (χ3v) is 2.84. The standard InChI is InChI=1S/C12H12N4/c1-2-16-10-6-4-3-5-8(10)9-7-14-12(13)15-11(9)16/h3-7H,2H2,1H3,(H2,13,14,15). The second-order valence-electron chi connectivity index (χ2n) is 3.73. The summed E-state index contributed by atoms with van der Waals surface area (Å²) in [6.45, 7) is 2.98. The van der Waals surface area contributed by atoms with E-state index < -0.39 is 0 Å². The van der Waals surface area contributed by atoms with E-state index in [0.29, 0.717) is 5.95 Å². The lowest BCUT2D eigenvalue weighted by molar-refractivity contribution is 0.815. The molecule has 2 aromatic heterocycles. The first-order valence-electron chi connectivity index (χ1n) is 5.30. The predicted molar refractivity (Wildman–Crippen MR) is 65.1 cm³/mol. The van der Waals surface area contributed by atoms with Gasteiger partial charge in [-0.05, 0) is 13.0 Å². The fraction of sp³-hybridized carbons (Fsp3) is 0.167. The molecule has 2 heterocycles. The summed E-state index contributed by atoms with van der Waals surface area (Å²) in [5, 5.41) is 2.24. The molecule has 0 radical (unpaired) electrons. The van der Waals surface area contributed by atoms with Crippen molar-refractivity contribution in [2.24, 2.45) is 0 Å². The lowest BCUT2D eigenvalue weighted by Crippen LogP contribution is -1.99. The number of nitrogens with zero attached hydrogens (tertiary/aromatic N) is 3. The van der Waals surface area contributed by atoms with Gasteiger partial charge in [0.25, 0.3) is 0 Å². The zero-order valence-electron chi connectivity index (χ0n) is 9.01. The van der Waals surface area contributed by atoms with Gasteiger partial charge in [0, 0.05) is 23.5 Å². The minimum Gasteiger partial charge on any atom is -0.368 e. The van der Waals surface area contributed by atoms with Crippen molar-refractivity contribution in [2.45, 2.75) is 13.5 Å². The number of anilines is 1. The summed E-state index contributed by atoms with van der Waals surface area (Å²) < 4.78 is 2.16. The Hall–Kier alpha value is -2.10. The first-order valence-corrected chi connectivity index (χ1v) is 5.30. The van der Waals surface area contributed by atoms with E-state index in [9.17, 15) is 0 Å². The minimum atomic E-state index is 0.324. The fourth-order valence-corrected chi connectivity index (χ4v) is 2.15. The van der Waals surface area contributed by atoms with Crippen LogP contribution < -0.4 is 5.73 Å². The van der Waals surface area contributed by atoms with Gasteiger partial charge in [-0.1, -0.05) is 18.2 Å². The highest BCUT2D eigenvalue weighted by atomic mass is 15.1. The van der Waals surface area contributed by atoms with Crippen molar-refractivity contribution < 1.29 is 0 Å². The minimum absolute atomic E-state index is 0.324. The van der Waals surface area contributed by atoms with Crippen LogP contribution in [0.4, 0.5) is 5.95 Å². The molecule has 16 heavy (non-hydrogen) atoms. The van der Waals surface area contributed by atoms with Crippen LogP contribution >= 0.6 is 0 Å². The molecule has 0 atom stereocenters. The summed E-state index contributed by atoms with van der Waals surface area (Å²) in [6.07, 6.45) is 1.80. The van der Waals surface area contributed by atoms with Gasteiger partial charge in [0.05, 0.1) is 5.52 Å². The van der Waals surface area contributed by atoms with Crippen molar-refractivity contribution in [3.63, 3.8) is 0 Å². The number of aryl methyl sites for hydroxylation is 1. The van der Waals surface area contributed by atoms with Gasteiger partial charge < -0.3 is 10.3 Å². The number of benzene rings is 1. The number of hydrogen-bond acceptors (Lipinski definition) is 3. The molecule has 0 aliphatic heterocycles. The fourth-order valence-electron chi connectivity index (χ4n) is 2.15. The summed E-state index contributed by atoms with van der Waals surface area (Å²) in [7, 11) is 0. The molecule has 3 rings (SSSR count). The van der Waals surface area contributed by atoms with Crippen molar-refractivity contribution in [2.75, 3.05) is 5.73 Å². The Balaban J connectivity index is 2.58. The highest BCUT2D eigenvalue weighted by molar-refractivity contribution is 6.06. The molecule has 0 fully saturated rings. The molecule has 0 aliphatic rings. The van der Waals surface area contributed by atoms with E-state index in [-0.39, 0.29) is 0 Å². The number of hydrogen-bond donors (Lipinski definition) is 1. The van der Waals surface area contributed by atoms with E-state index in [0.717, 1.165) is 17.6 Å². The third kappa shape index (κ3) is 1.10. The van der Waals surface area contributed by atoms with Gasteiger partial charge in [-0.15, -0.1) is 0 Å². The van der Waals surface area contributed by atoms with Crippen LogP contribution in [-0.2, 0) is 6.54 Å². The zero-order valence-corrected chi connectivity index (χ0v) is 9.01. The average molecular weight is 212 g/mol. The van der Waals surface area contributed by atoms with Crippen molar-refractivity contribution in [1.82, 2.24) is 14.5 Å². The maximum absolute atomic E-state index is 5.63. The monoisotopic (exact) mass is 212 g/mol. The van der Waals surface area contributed by atoms with E-state index >= 15 is 0 Å². The van der Waals surface area contributed by atoms with Crippen molar-refractivity contribution in [3.8, 4) is 0 Å². The normalized spacial score (nSPS) is 11.3. The molecule has 0 amide bonds. The summed E-state index contributed by atoms with van der Waals surface area (Å²) in [5.74, 6) is 0.324. The Kier molecular flexibility index (Phi) is 1.83. The van der Waals surface area contributed by atoms with Gasteiger partial charge in [-0.3, -0.25) is 0 Å². The van der Waals surface area contributed by atoms with Crippen LogP contribution in [0.15, 0.2) is 30.5 Å². The maximum Gasteiger partial charge on any atom is 0.221 e. The second kappa shape index (κ2) is 3.20. The molecule has 2 N–H and O–H groups in total. The van der Waals surface area contributed by atoms with Crippen LogP contribution in [0.2, 0.25) is 0 Å². The second-order valence-corrected chi connectivity index (χ2v) is 3.73. The molecule has 3 aromatic rings. The van der Waals surface area contributed by atoms with Gasteiger partial charge in [0.15, 0.2) is 0 Å². The molecule has 0 aliphatic carbocycles. The van der Waals surface area contributed by atoms with Crippen LogP contribution in [0.3, 0.4) is 0 Å². The predicted octanol–water partition coefficient (Wildman–Crippen LogP) is 2.19. The SMILES string of the molecule is CCn1c2ccccc2c2cnc(N)nc21. The molecular formula is C12H12N4. The molecule has 0 saturated heterocycles.